The standard InChI is InChI=1S/C28H23N3O4S/c1-34-19-12-10-16(11-13-19)25-24-21(20-8-3-4-9-22(20)29-24)15-23-26(32)30(28(36)31(23)25)18-7-5-6-17(14-18)27(33)35-2/h3-14,23,25,29H,15H2,1-2H3. The number of rotatable bonds is 4. The Morgan fingerprint density at radius 2 is 1.81 bits per heavy atom. The number of aromatic nitrogens is 1. The fraction of sp³-hybridized carbons (Fsp3) is 0.179. The van der Waals surface area contributed by atoms with E-state index in [1.54, 1.807) is 31.4 Å². The molecule has 3 heterocycles. The van der Waals surface area contributed by atoms with E-state index in [1.807, 2.05) is 41.3 Å². The Morgan fingerprint density at radius 3 is 2.56 bits per heavy atom. The van der Waals surface area contributed by atoms with Crippen LogP contribution < -0.4 is 9.64 Å². The van der Waals surface area contributed by atoms with Crippen molar-refractivity contribution >= 4 is 45.8 Å². The lowest BCUT2D eigenvalue weighted by Crippen LogP contribution is -2.44. The fourth-order valence-electron chi connectivity index (χ4n) is 5.33. The van der Waals surface area contributed by atoms with Crippen LogP contribution in [0, 0.1) is 0 Å². The first-order valence-electron chi connectivity index (χ1n) is 11.6. The number of carbonyl (C=O) groups excluding carboxylic acids is 2. The molecule has 1 fully saturated rings. The summed E-state index contributed by atoms with van der Waals surface area (Å²) in [6.45, 7) is 0. The van der Waals surface area contributed by atoms with Gasteiger partial charge in [-0.1, -0.05) is 36.4 Å². The van der Waals surface area contributed by atoms with Crippen LogP contribution in [0.2, 0.25) is 0 Å². The zero-order valence-corrected chi connectivity index (χ0v) is 20.5. The number of nitrogens with zero attached hydrogens (tertiary/aromatic N) is 2. The van der Waals surface area contributed by atoms with Crippen molar-refractivity contribution in [3.63, 3.8) is 0 Å². The van der Waals surface area contributed by atoms with Gasteiger partial charge in [0, 0.05) is 23.0 Å². The molecule has 2 atom stereocenters. The van der Waals surface area contributed by atoms with Gasteiger partial charge in [-0.15, -0.1) is 0 Å². The number of methoxy groups -OCH3 is 2. The van der Waals surface area contributed by atoms with Crippen LogP contribution >= 0.6 is 12.2 Å². The molecule has 1 amide bonds. The molecule has 6 rings (SSSR count). The topological polar surface area (TPSA) is 74.9 Å². The number of H-pyrrole nitrogens is 1. The molecule has 2 unspecified atom stereocenters. The summed E-state index contributed by atoms with van der Waals surface area (Å²) in [5.74, 6) is 0.172. The van der Waals surface area contributed by atoms with Crippen molar-refractivity contribution in [3.05, 3.63) is 95.2 Å². The number of fused-ring (bicyclic) bond motifs is 4. The van der Waals surface area contributed by atoms with E-state index < -0.39 is 12.0 Å². The number of hydrogen-bond acceptors (Lipinski definition) is 5. The molecule has 8 heteroatoms. The number of benzene rings is 3. The molecular formula is C28H23N3O4S. The van der Waals surface area contributed by atoms with Crippen molar-refractivity contribution in [1.82, 2.24) is 9.88 Å². The van der Waals surface area contributed by atoms with E-state index in [2.05, 4.69) is 17.1 Å². The smallest absolute Gasteiger partial charge is 0.337 e. The quantitative estimate of drug-likeness (QED) is 0.328. The van der Waals surface area contributed by atoms with Gasteiger partial charge >= 0.3 is 5.97 Å². The van der Waals surface area contributed by atoms with Crippen LogP contribution in [0.25, 0.3) is 10.9 Å². The molecule has 0 saturated carbocycles. The molecule has 0 bridgehead atoms. The Morgan fingerprint density at radius 1 is 1.03 bits per heavy atom. The van der Waals surface area contributed by atoms with E-state index in [0.29, 0.717) is 22.8 Å². The Hall–Kier alpha value is -4.17. The van der Waals surface area contributed by atoms with Gasteiger partial charge < -0.3 is 19.4 Å². The van der Waals surface area contributed by atoms with Crippen molar-refractivity contribution < 1.29 is 19.1 Å². The highest BCUT2D eigenvalue weighted by atomic mass is 32.1. The number of amides is 1. The minimum Gasteiger partial charge on any atom is -0.497 e. The monoisotopic (exact) mass is 497 g/mol. The summed E-state index contributed by atoms with van der Waals surface area (Å²) in [7, 11) is 2.97. The van der Waals surface area contributed by atoms with Gasteiger partial charge in [0.15, 0.2) is 5.11 Å². The first-order chi connectivity index (χ1) is 17.5. The number of carbonyl (C=O) groups is 2. The van der Waals surface area contributed by atoms with Crippen LogP contribution in [0.1, 0.15) is 33.2 Å². The maximum Gasteiger partial charge on any atom is 0.337 e. The summed E-state index contributed by atoms with van der Waals surface area (Å²) < 4.78 is 10.2. The summed E-state index contributed by atoms with van der Waals surface area (Å²) in [5, 5.41) is 1.51. The Balaban J connectivity index is 1.50. The lowest BCUT2D eigenvalue weighted by Gasteiger charge is -2.37. The largest absolute Gasteiger partial charge is 0.497 e. The molecule has 7 nitrogen and oxygen atoms in total. The minimum absolute atomic E-state index is 0.114. The number of anilines is 1. The third-order valence-electron chi connectivity index (χ3n) is 7.01. The van der Waals surface area contributed by atoms with Crippen LogP contribution in [-0.2, 0) is 16.0 Å². The molecule has 0 radical (unpaired) electrons. The predicted molar refractivity (Wildman–Crippen MR) is 140 cm³/mol. The van der Waals surface area contributed by atoms with Crippen molar-refractivity contribution in [2.45, 2.75) is 18.5 Å². The first-order valence-corrected chi connectivity index (χ1v) is 12.0. The van der Waals surface area contributed by atoms with Gasteiger partial charge in [-0.2, -0.15) is 0 Å². The van der Waals surface area contributed by atoms with Gasteiger partial charge in [-0.25, -0.2) is 4.79 Å². The molecule has 180 valence electrons. The maximum atomic E-state index is 13.9. The summed E-state index contributed by atoms with van der Waals surface area (Å²) in [6.07, 6.45) is 0.526. The van der Waals surface area contributed by atoms with E-state index in [9.17, 15) is 9.59 Å². The Bertz CT molecular complexity index is 1530. The first kappa shape index (κ1) is 22.3. The van der Waals surface area contributed by atoms with Gasteiger partial charge in [0.05, 0.1) is 31.5 Å². The highest BCUT2D eigenvalue weighted by Gasteiger charge is 2.51. The molecular weight excluding hydrogens is 474 g/mol. The number of nitrogens with one attached hydrogen (secondary N) is 1. The third-order valence-corrected chi connectivity index (χ3v) is 7.40. The number of ether oxygens (including phenoxy) is 2. The zero-order valence-electron chi connectivity index (χ0n) is 19.7. The van der Waals surface area contributed by atoms with Crippen LogP contribution in [0.3, 0.4) is 0 Å². The average molecular weight is 498 g/mol. The number of esters is 1. The van der Waals surface area contributed by atoms with Crippen LogP contribution in [-0.4, -0.2) is 47.1 Å². The minimum atomic E-state index is -0.474. The SMILES string of the molecule is COC(=O)c1cccc(N2C(=O)C3Cc4c([nH]c5ccccc45)C(c4ccc(OC)cc4)N3C2=S)c1. The summed E-state index contributed by atoms with van der Waals surface area (Å²) in [6, 6.07) is 22.0. The zero-order chi connectivity index (χ0) is 25.0. The summed E-state index contributed by atoms with van der Waals surface area (Å²) in [5.41, 5.74) is 5.08. The van der Waals surface area contributed by atoms with Crippen molar-refractivity contribution in [2.75, 3.05) is 19.1 Å². The highest BCUT2D eigenvalue weighted by molar-refractivity contribution is 7.80. The van der Waals surface area contributed by atoms with E-state index in [1.165, 1.54) is 12.0 Å². The van der Waals surface area contributed by atoms with Gasteiger partial charge in [0.2, 0.25) is 0 Å². The second kappa shape index (κ2) is 8.49. The van der Waals surface area contributed by atoms with Gasteiger partial charge in [0.1, 0.15) is 11.8 Å². The summed E-state index contributed by atoms with van der Waals surface area (Å²) in [4.78, 5) is 33.2. The summed E-state index contributed by atoms with van der Waals surface area (Å²) >= 11 is 5.95. The van der Waals surface area contributed by atoms with Crippen LogP contribution in [0.15, 0.2) is 72.8 Å². The maximum absolute atomic E-state index is 13.9. The Labute approximate surface area is 213 Å². The van der Waals surface area contributed by atoms with E-state index in [0.717, 1.165) is 33.5 Å². The molecule has 36 heavy (non-hydrogen) atoms. The Kier molecular flexibility index (Phi) is 5.26. The van der Waals surface area contributed by atoms with Gasteiger partial charge in [-0.05, 0) is 59.7 Å². The van der Waals surface area contributed by atoms with E-state index in [4.69, 9.17) is 21.7 Å². The molecule has 0 spiro atoms. The van der Waals surface area contributed by atoms with Gasteiger partial charge in [-0.3, -0.25) is 9.69 Å². The molecule has 4 aromatic rings. The number of para-hydroxylation sites is 1. The van der Waals surface area contributed by atoms with Crippen LogP contribution in [0.4, 0.5) is 5.69 Å². The second-order valence-corrected chi connectivity index (χ2v) is 9.23. The molecule has 2 aliphatic rings. The predicted octanol–water partition coefficient (Wildman–Crippen LogP) is 4.61. The molecule has 1 saturated heterocycles. The molecule has 3 aromatic carbocycles. The molecule has 2 aliphatic heterocycles. The fourth-order valence-corrected chi connectivity index (χ4v) is 5.76. The number of aromatic amines is 1. The van der Waals surface area contributed by atoms with Crippen LogP contribution in [0.5, 0.6) is 5.75 Å². The van der Waals surface area contributed by atoms with Gasteiger partial charge in [0.25, 0.3) is 5.91 Å². The molecule has 1 aromatic heterocycles. The van der Waals surface area contributed by atoms with E-state index >= 15 is 0 Å². The normalized spacial score (nSPS) is 18.8. The average Bonchev–Trinajstić information content (AvgIpc) is 3.41. The third kappa shape index (κ3) is 3.29. The second-order valence-electron chi connectivity index (χ2n) is 8.86. The number of thiocarbonyl (C=S) groups is 1. The number of hydrogen-bond donors (Lipinski definition) is 1. The van der Waals surface area contributed by atoms with Crippen molar-refractivity contribution in [2.24, 2.45) is 0 Å². The molecule has 1 N–H and O–H groups in total. The lowest BCUT2D eigenvalue weighted by molar-refractivity contribution is -0.120. The van der Waals surface area contributed by atoms with E-state index in [-0.39, 0.29) is 11.9 Å². The molecule has 0 aliphatic carbocycles. The highest BCUT2D eigenvalue weighted by Crippen LogP contribution is 2.45. The van der Waals surface area contributed by atoms with Crippen molar-refractivity contribution in [1.29, 1.82) is 0 Å². The lowest BCUT2D eigenvalue weighted by atomic mass is 9.89. The van der Waals surface area contributed by atoms with Crippen molar-refractivity contribution in [3.8, 4) is 5.75 Å².